The Kier molecular flexibility index (Phi) is 5.45. The summed E-state index contributed by atoms with van der Waals surface area (Å²) < 4.78 is 0. The van der Waals surface area contributed by atoms with Gasteiger partial charge in [0.15, 0.2) is 5.17 Å². The predicted molar refractivity (Wildman–Crippen MR) is 121 cm³/mol. The third-order valence-corrected chi connectivity index (χ3v) is 5.50. The van der Waals surface area contributed by atoms with E-state index < -0.39 is 4.92 Å². The number of anilines is 1. The number of thioether (sulfide) groups is 1. The molecule has 1 heterocycles. The first-order valence-corrected chi connectivity index (χ1v) is 10.0. The molecule has 1 aliphatic rings. The van der Waals surface area contributed by atoms with E-state index in [1.54, 1.807) is 30.0 Å². The summed E-state index contributed by atoms with van der Waals surface area (Å²) in [5.74, 6) is -0.218. The Bertz CT molecular complexity index is 1170. The number of nitro benzene ring substituents is 1. The standard InChI is InChI=1S/C23H17N3O3S/c1-16-12-13-17(14-20(16)26(28)29)15-21-22(27)25(19-10-6-3-7-11-19)23(30-21)24-18-8-4-2-5-9-18/h2-15H,1H3/b21-15-,24-23?. The number of hydrogen-bond acceptors (Lipinski definition) is 5. The lowest BCUT2D eigenvalue weighted by Crippen LogP contribution is -2.28. The van der Waals surface area contributed by atoms with Crippen LogP contribution in [0.15, 0.2) is 88.8 Å². The number of amidine groups is 1. The van der Waals surface area contributed by atoms with Gasteiger partial charge in [-0.1, -0.05) is 48.5 Å². The second-order valence-electron chi connectivity index (χ2n) is 6.62. The first-order chi connectivity index (χ1) is 14.5. The summed E-state index contributed by atoms with van der Waals surface area (Å²) in [5, 5.41) is 11.8. The molecule has 4 rings (SSSR count). The number of aryl methyl sites for hydroxylation is 1. The molecule has 0 bridgehead atoms. The Labute approximate surface area is 177 Å². The quantitative estimate of drug-likeness (QED) is 0.311. The highest BCUT2D eigenvalue weighted by Crippen LogP contribution is 2.37. The molecule has 1 fully saturated rings. The van der Waals surface area contributed by atoms with E-state index in [2.05, 4.69) is 4.99 Å². The molecular weight excluding hydrogens is 398 g/mol. The molecule has 0 atom stereocenters. The molecule has 30 heavy (non-hydrogen) atoms. The van der Waals surface area contributed by atoms with E-state index in [4.69, 9.17) is 0 Å². The van der Waals surface area contributed by atoms with Gasteiger partial charge >= 0.3 is 0 Å². The summed E-state index contributed by atoms with van der Waals surface area (Å²) in [5.41, 5.74) is 2.64. The summed E-state index contributed by atoms with van der Waals surface area (Å²) in [6.45, 7) is 1.69. The molecule has 0 spiro atoms. The van der Waals surface area contributed by atoms with Crippen LogP contribution in [0.1, 0.15) is 11.1 Å². The van der Waals surface area contributed by atoms with Crippen LogP contribution in [0.3, 0.4) is 0 Å². The Hall–Kier alpha value is -3.71. The molecule has 0 unspecified atom stereocenters. The van der Waals surface area contributed by atoms with E-state index >= 15 is 0 Å². The van der Waals surface area contributed by atoms with Crippen LogP contribution in [0.4, 0.5) is 17.1 Å². The topological polar surface area (TPSA) is 75.8 Å². The lowest BCUT2D eigenvalue weighted by atomic mass is 10.1. The van der Waals surface area contributed by atoms with Crippen molar-refractivity contribution in [2.75, 3.05) is 4.90 Å². The maximum atomic E-state index is 13.2. The molecular formula is C23H17N3O3S. The zero-order chi connectivity index (χ0) is 21.1. The van der Waals surface area contributed by atoms with Gasteiger partial charge in [-0.15, -0.1) is 0 Å². The molecule has 148 valence electrons. The molecule has 0 saturated carbocycles. The van der Waals surface area contributed by atoms with Crippen molar-refractivity contribution >= 4 is 46.0 Å². The van der Waals surface area contributed by atoms with Crippen LogP contribution in [0.25, 0.3) is 6.08 Å². The van der Waals surface area contributed by atoms with Crippen molar-refractivity contribution in [1.29, 1.82) is 0 Å². The van der Waals surface area contributed by atoms with E-state index in [-0.39, 0.29) is 11.6 Å². The van der Waals surface area contributed by atoms with Gasteiger partial charge in [0.05, 0.1) is 21.2 Å². The second kappa shape index (κ2) is 8.34. The first kappa shape index (κ1) is 19.6. The molecule has 1 amide bonds. The van der Waals surface area contributed by atoms with Gasteiger partial charge in [0.2, 0.25) is 0 Å². The number of aliphatic imine (C=N–C) groups is 1. The Morgan fingerprint density at radius 3 is 2.33 bits per heavy atom. The highest BCUT2D eigenvalue weighted by Gasteiger charge is 2.34. The fourth-order valence-corrected chi connectivity index (χ4v) is 4.03. The van der Waals surface area contributed by atoms with Crippen LogP contribution in [0.2, 0.25) is 0 Å². The maximum Gasteiger partial charge on any atom is 0.272 e. The molecule has 7 heteroatoms. The zero-order valence-electron chi connectivity index (χ0n) is 16.1. The van der Waals surface area contributed by atoms with Gasteiger partial charge in [-0.3, -0.25) is 19.8 Å². The summed E-state index contributed by atoms with van der Waals surface area (Å²) in [7, 11) is 0. The average Bonchev–Trinajstić information content (AvgIpc) is 3.05. The fraction of sp³-hybridized carbons (Fsp3) is 0.0435. The predicted octanol–water partition coefficient (Wildman–Crippen LogP) is 5.71. The number of amides is 1. The third kappa shape index (κ3) is 4.01. The number of para-hydroxylation sites is 2. The lowest BCUT2D eigenvalue weighted by molar-refractivity contribution is -0.385. The zero-order valence-corrected chi connectivity index (χ0v) is 16.9. The van der Waals surface area contributed by atoms with Crippen molar-refractivity contribution in [3.8, 4) is 0 Å². The van der Waals surface area contributed by atoms with Crippen LogP contribution >= 0.6 is 11.8 Å². The van der Waals surface area contributed by atoms with Gasteiger partial charge in [0.25, 0.3) is 11.6 Å². The van der Waals surface area contributed by atoms with Crippen molar-refractivity contribution < 1.29 is 9.72 Å². The molecule has 6 nitrogen and oxygen atoms in total. The maximum absolute atomic E-state index is 13.2. The second-order valence-corrected chi connectivity index (χ2v) is 7.63. The summed E-state index contributed by atoms with van der Waals surface area (Å²) in [6.07, 6.45) is 1.67. The van der Waals surface area contributed by atoms with Crippen LogP contribution in [-0.2, 0) is 4.79 Å². The van der Waals surface area contributed by atoms with Gasteiger partial charge in [-0.2, -0.15) is 0 Å². The van der Waals surface area contributed by atoms with Crippen LogP contribution < -0.4 is 4.90 Å². The molecule has 1 saturated heterocycles. The van der Waals surface area contributed by atoms with E-state index in [1.807, 2.05) is 60.7 Å². The SMILES string of the molecule is Cc1ccc(/C=C2\SC(=Nc3ccccc3)N(c3ccccc3)C2=O)cc1[N+](=O)[O-]. The largest absolute Gasteiger partial charge is 0.272 e. The van der Waals surface area contributed by atoms with Crippen molar-refractivity contribution in [1.82, 2.24) is 0 Å². The molecule has 0 N–H and O–H groups in total. The van der Waals surface area contributed by atoms with E-state index in [0.717, 1.165) is 5.69 Å². The molecule has 3 aromatic carbocycles. The number of nitro groups is 1. The van der Waals surface area contributed by atoms with Crippen molar-refractivity contribution in [3.63, 3.8) is 0 Å². The highest BCUT2D eigenvalue weighted by molar-refractivity contribution is 8.19. The Morgan fingerprint density at radius 2 is 1.67 bits per heavy atom. The Morgan fingerprint density at radius 1 is 1.00 bits per heavy atom. The van der Waals surface area contributed by atoms with Gasteiger partial charge in [-0.25, -0.2) is 4.99 Å². The minimum Gasteiger partial charge on any atom is -0.268 e. The number of carbonyl (C=O) groups excluding carboxylic acids is 1. The van der Waals surface area contributed by atoms with E-state index in [1.165, 1.54) is 17.8 Å². The van der Waals surface area contributed by atoms with Gasteiger partial charge in [-0.05, 0) is 54.6 Å². The van der Waals surface area contributed by atoms with Crippen LogP contribution in [0.5, 0.6) is 0 Å². The smallest absolute Gasteiger partial charge is 0.268 e. The number of benzene rings is 3. The van der Waals surface area contributed by atoms with Gasteiger partial charge in [0, 0.05) is 11.6 Å². The first-order valence-electron chi connectivity index (χ1n) is 9.21. The normalized spacial score (nSPS) is 16.4. The molecule has 0 aliphatic carbocycles. The van der Waals surface area contributed by atoms with Crippen molar-refractivity contribution in [2.24, 2.45) is 4.99 Å². The molecule has 1 aliphatic heterocycles. The average molecular weight is 415 g/mol. The van der Waals surface area contributed by atoms with Gasteiger partial charge < -0.3 is 0 Å². The fourth-order valence-electron chi connectivity index (χ4n) is 3.03. The molecule has 0 aromatic heterocycles. The monoisotopic (exact) mass is 415 g/mol. The molecule has 3 aromatic rings. The number of hydrogen-bond donors (Lipinski definition) is 0. The van der Waals surface area contributed by atoms with E-state index in [0.29, 0.717) is 26.9 Å². The van der Waals surface area contributed by atoms with Crippen LogP contribution in [0, 0.1) is 17.0 Å². The highest BCUT2D eigenvalue weighted by atomic mass is 32.2. The van der Waals surface area contributed by atoms with Crippen LogP contribution in [-0.4, -0.2) is 16.0 Å². The van der Waals surface area contributed by atoms with Crippen molar-refractivity contribution in [3.05, 3.63) is 105 Å². The summed E-state index contributed by atoms with van der Waals surface area (Å²) in [4.78, 5) is 30.7. The third-order valence-electron chi connectivity index (χ3n) is 4.53. The number of rotatable bonds is 4. The minimum absolute atomic E-state index is 0.0258. The van der Waals surface area contributed by atoms with E-state index in [9.17, 15) is 14.9 Å². The number of carbonyl (C=O) groups is 1. The summed E-state index contributed by atoms with van der Waals surface area (Å²) >= 11 is 1.25. The lowest BCUT2D eigenvalue weighted by Gasteiger charge is -2.15. The summed E-state index contributed by atoms with van der Waals surface area (Å²) in [6, 6.07) is 23.6. The van der Waals surface area contributed by atoms with Gasteiger partial charge in [0.1, 0.15) is 0 Å². The Balaban J connectivity index is 1.77. The molecule has 0 radical (unpaired) electrons. The van der Waals surface area contributed by atoms with Crippen molar-refractivity contribution in [2.45, 2.75) is 6.92 Å². The number of nitrogens with zero attached hydrogens (tertiary/aromatic N) is 3. The minimum atomic E-state index is -0.417.